The molecular weight excluding hydrogens is 426 g/mol. The molecule has 1 nitrogen and oxygen atoms in total. The molecule has 3 heteroatoms. The van der Waals surface area contributed by atoms with Crippen LogP contribution in [0, 0.1) is 41.2 Å². The van der Waals surface area contributed by atoms with Gasteiger partial charge in [-0.15, -0.1) is 0 Å². The first-order valence-electron chi connectivity index (χ1n) is 14.1. The molecule has 0 N–H and O–H groups in total. The van der Waals surface area contributed by atoms with E-state index in [1.807, 2.05) is 0 Å². The lowest BCUT2D eigenvalue weighted by Crippen LogP contribution is -2.28. The zero-order valence-electron chi connectivity index (χ0n) is 21.3. The molecule has 3 aliphatic carbocycles. The van der Waals surface area contributed by atoms with Crippen molar-refractivity contribution >= 4 is 5.57 Å². The third kappa shape index (κ3) is 6.13. The van der Waals surface area contributed by atoms with Crippen LogP contribution >= 0.6 is 0 Å². The summed E-state index contributed by atoms with van der Waals surface area (Å²) in [6.07, 6.45) is 23.6. The molecule has 1 atom stereocenters. The second kappa shape index (κ2) is 12.4. The third-order valence-corrected chi connectivity index (χ3v) is 9.06. The molecule has 188 valence electrons. The Labute approximate surface area is 206 Å². The number of ether oxygens (including phenoxy) is 1. The maximum atomic E-state index is 14.6. The molecule has 0 saturated heterocycles. The Morgan fingerprint density at radius 1 is 0.794 bits per heavy atom. The van der Waals surface area contributed by atoms with Gasteiger partial charge in [0.05, 0.1) is 6.61 Å². The monoisotopic (exact) mass is 470 g/mol. The molecule has 0 radical (unpaired) electrons. The van der Waals surface area contributed by atoms with Crippen LogP contribution in [0.3, 0.4) is 0 Å². The first kappa shape index (κ1) is 25.5. The van der Waals surface area contributed by atoms with Gasteiger partial charge < -0.3 is 4.74 Å². The molecule has 1 unspecified atom stereocenters. The van der Waals surface area contributed by atoms with Crippen LogP contribution in [0.1, 0.15) is 103 Å². The van der Waals surface area contributed by atoms with E-state index < -0.39 is 11.6 Å². The van der Waals surface area contributed by atoms with Gasteiger partial charge >= 0.3 is 0 Å². The highest BCUT2D eigenvalue weighted by Gasteiger charge is 2.34. The summed E-state index contributed by atoms with van der Waals surface area (Å²) in [5.74, 6) is 2.75. The maximum absolute atomic E-state index is 14.6. The quantitative estimate of drug-likeness (QED) is 0.344. The van der Waals surface area contributed by atoms with Gasteiger partial charge in [0.1, 0.15) is 0 Å². The highest BCUT2D eigenvalue weighted by atomic mass is 19.2. The summed E-state index contributed by atoms with van der Waals surface area (Å²) in [5.41, 5.74) is 1.39. The van der Waals surface area contributed by atoms with Crippen molar-refractivity contribution in [2.75, 3.05) is 6.61 Å². The second-order valence-corrected chi connectivity index (χ2v) is 11.0. The molecule has 2 saturated carbocycles. The predicted octanol–water partition coefficient (Wildman–Crippen LogP) is 9.52. The first-order chi connectivity index (χ1) is 16.6. The van der Waals surface area contributed by atoms with Gasteiger partial charge in [-0.05, 0) is 138 Å². The fraction of sp³-hybridized carbons (Fsp3) is 0.677. The summed E-state index contributed by atoms with van der Waals surface area (Å²) in [6.45, 7) is 4.33. The van der Waals surface area contributed by atoms with Crippen molar-refractivity contribution in [3.8, 4) is 5.75 Å². The van der Waals surface area contributed by atoms with Crippen LogP contribution in [0.25, 0.3) is 5.57 Å². The fourth-order valence-corrected chi connectivity index (χ4v) is 7.01. The van der Waals surface area contributed by atoms with Gasteiger partial charge in [-0.1, -0.05) is 25.2 Å². The molecule has 0 bridgehead atoms. The van der Waals surface area contributed by atoms with Gasteiger partial charge in [0.15, 0.2) is 11.6 Å². The van der Waals surface area contributed by atoms with Crippen molar-refractivity contribution in [2.45, 2.75) is 97.3 Å². The van der Waals surface area contributed by atoms with Gasteiger partial charge in [-0.2, -0.15) is 4.39 Å². The van der Waals surface area contributed by atoms with E-state index in [9.17, 15) is 8.78 Å². The highest BCUT2D eigenvalue weighted by Crippen LogP contribution is 2.46. The lowest BCUT2D eigenvalue weighted by molar-refractivity contribution is 0.123. The molecular formula is C31H44F2O. The van der Waals surface area contributed by atoms with Crippen LogP contribution in [0.2, 0.25) is 0 Å². The summed E-state index contributed by atoms with van der Waals surface area (Å²) in [6, 6.07) is 3.26. The lowest BCUT2D eigenvalue weighted by Gasteiger charge is -2.40. The van der Waals surface area contributed by atoms with E-state index in [1.165, 1.54) is 57.8 Å². The van der Waals surface area contributed by atoms with Crippen LogP contribution in [0.15, 0.2) is 30.4 Å². The van der Waals surface area contributed by atoms with Gasteiger partial charge in [0.2, 0.25) is 5.82 Å². The molecule has 0 spiro atoms. The molecule has 0 heterocycles. The Morgan fingerprint density at radius 2 is 1.44 bits per heavy atom. The van der Waals surface area contributed by atoms with Gasteiger partial charge in [0, 0.05) is 5.56 Å². The summed E-state index contributed by atoms with van der Waals surface area (Å²) in [4.78, 5) is 0. The zero-order chi connectivity index (χ0) is 23.9. The predicted molar refractivity (Wildman–Crippen MR) is 138 cm³/mol. The van der Waals surface area contributed by atoms with Crippen LogP contribution in [0.4, 0.5) is 8.78 Å². The zero-order valence-corrected chi connectivity index (χ0v) is 21.3. The van der Waals surface area contributed by atoms with Gasteiger partial charge in [-0.25, -0.2) is 4.39 Å². The summed E-state index contributed by atoms with van der Waals surface area (Å²) < 4.78 is 34.2. The average molecular weight is 471 g/mol. The first-order valence-corrected chi connectivity index (χ1v) is 14.1. The third-order valence-electron chi connectivity index (χ3n) is 9.06. The van der Waals surface area contributed by atoms with Gasteiger partial charge in [-0.3, -0.25) is 0 Å². The molecule has 1 aromatic rings. The molecule has 1 aromatic carbocycles. The smallest absolute Gasteiger partial charge is 0.201 e. The number of allylic oxidation sites excluding steroid dienone is 4. The normalized spacial score (nSPS) is 30.4. The molecule has 3 aliphatic rings. The van der Waals surface area contributed by atoms with Crippen LogP contribution in [-0.4, -0.2) is 6.61 Å². The number of rotatable bonds is 8. The van der Waals surface area contributed by atoms with Crippen molar-refractivity contribution in [3.63, 3.8) is 0 Å². The topological polar surface area (TPSA) is 9.23 Å². The average Bonchev–Trinajstić information content (AvgIpc) is 2.88. The van der Waals surface area contributed by atoms with E-state index in [0.29, 0.717) is 18.1 Å². The lowest BCUT2D eigenvalue weighted by atomic mass is 9.65. The summed E-state index contributed by atoms with van der Waals surface area (Å²) in [5, 5.41) is 0. The molecule has 0 amide bonds. The largest absolute Gasteiger partial charge is 0.491 e. The maximum Gasteiger partial charge on any atom is 0.201 e. The van der Waals surface area contributed by atoms with Crippen molar-refractivity contribution in [1.82, 2.24) is 0 Å². The second-order valence-electron chi connectivity index (χ2n) is 11.0. The molecule has 34 heavy (non-hydrogen) atoms. The minimum atomic E-state index is -0.854. The van der Waals surface area contributed by atoms with Crippen molar-refractivity contribution in [1.29, 1.82) is 0 Å². The van der Waals surface area contributed by atoms with E-state index in [0.717, 1.165) is 54.9 Å². The van der Waals surface area contributed by atoms with E-state index in [2.05, 4.69) is 25.2 Å². The van der Waals surface area contributed by atoms with Crippen molar-refractivity contribution in [3.05, 3.63) is 47.6 Å². The van der Waals surface area contributed by atoms with Crippen LogP contribution < -0.4 is 4.74 Å². The van der Waals surface area contributed by atoms with E-state index in [-0.39, 0.29) is 5.75 Å². The number of hydrogen-bond acceptors (Lipinski definition) is 1. The Bertz CT molecular complexity index is 841. The minimum Gasteiger partial charge on any atom is -0.491 e. The number of halogens is 2. The highest BCUT2D eigenvalue weighted by molar-refractivity contribution is 5.67. The van der Waals surface area contributed by atoms with Crippen molar-refractivity contribution < 1.29 is 13.5 Å². The Balaban J connectivity index is 1.24. The number of hydrogen-bond donors (Lipinski definition) is 0. The summed E-state index contributed by atoms with van der Waals surface area (Å²) in [7, 11) is 0. The van der Waals surface area contributed by atoms with Gasteiger partial charge in [0.25, 0.3) is 0 Å². The molecule has 0 aliphatic heterocycles. The van der Waals surface area contributed by atoms with Crippen molar-refractivity contribution in [2.24, 2.45) is 29.6 Å². The van der Waals surface area contributed by atoms with Crippen LogP contribution in [0.5, 0.6) is 5.75 Å². The fourth-order valence-electron chi connectivity index (χ4n) is 7.01. The molecule has 4 rings (SSSR count). The molecule has 2 fully saturated rings. The molecule has 0 aromatic heterocycles. The Hall–Kier alpha value is -1.64. The SMILES string of the molecule is CCC=CCC1CCC(C2CCC(C3CC=C(c4ccc(OCC)c(F)c4F)CC3)CC2)CC1. The standard InChI is InChI=1S/C31H44F2O/c1-3-5-6-7-22-8-10-23(11-9-22)24-12-14-25(15-13-24)26-16-18-27(19-17-26)28-20-21-29(34-4-2)31(33)30(28)32/h5-6,18,20-26H,3-4,7-17,19H2,1-2H3. The summed E-state index contributed by atoms with van der Waals surface area (Å²) >= 11 is 0. The Morgan fingerprint density at radius 3 is 2.03 bits per heavy atom. The van der Waals surface area contributed by atoms with E-state index in [4.69, 9.17) is 4.74 Å². The Kier molecular flexibility index (Phi) is 9.25. The van der Waals surface area contributed by atoms with E-state index in [1.54, 1.807) is 19.1 Å². The van der Waals surface area contributed by atoms with Crippen LogP contribution in [-0.2, 0) is 0 Å². The minimum absolute atomic E-state index is 0.0108. The van der Waals surface area contributed by atoms with E-state index >= 15 is 0 Å². The number of benzene rings is 1.